The van der Waals surface area contributed by atoms with Gasteiger partial charge in [-0.2, -0.15) is 0 Å². The summed E-state index contributed by atoms with van der Waals surface area (Å²) in [6, 6.07) is 13.2. The molecule has 2 atom stereocenters. The molecule has 0 amide bonds. The lowest BCUT2D eigenvalue weighted by molar-refractivity contribution is 0.0683. The SMILES string of the molecule is CCC1CNC(C)(c2ccccc2)CN1Cc1ccno1. The number of hydrogen-bond donors (Lipinski definition) is 1. The number of aromatic nitrogens is 1. The van der Waals surface area contributed by atoms with Crippen LogP contribution in [0.3, 0.4) is 0 Å². The summed E-state index contributed by atoms with van der Waals surface area (Å²) in [5, 5.41) is 7.55. The summed E-state index contributed by atoms with van der Waals surface area (Å²) in [5.74, 6) is 0.936. The van der Waals surface area contributed by atoms with Crippen molar-refractivity contribution in [3.8, 4) is 0 Å². The zero-order valence-electron chi connectivity index (χ0n) is 12.7. The zero-order valence-corrected chi connectivity index (χ0v) is 12.7. The largest absolute Gasteiger partial charge is 0.360 e. The zero-order chi connectivity index (χ0) is 14.7. The van der Waals surface area contributed by atoms with Gasteiger partial charge in [0.15, 0.2) is 5.76 Å². The van der Waals surface area contributed by atoms with Crippen molar-refractivity contribution in [3.63, 3.8) is 0 Å². The van der Waals surface area contributed by atoms with Gasteiger partial charge in [0.05, 0.1) is 18.3 Å². The average molecular weight is 285 g/mol. The fourth-order valence-corrected chi connectivity index (χ4v) is 3.17. The van der Waals surface area contributed by atoms with E-state index < -0.39 is 0 Å². The third-order valence-corrected chi connectivity index (χ3v) is 4.50. The molecule has 1 N–H and O–H groups in total. The first-order valence-corrected chi connectivity index (χ1v) is 7.65. The molecule has 3 rings (SSSR count). The third kappa shape index (κ3) is 3.01. The molecule has 2 aromatic rings. The molecule has 1 aromatic heterocycles. The minimum atomic E-state index is -0.0209. The van der Waals surface area contributed by atoms with E-state index in [0.717, 1.165) is 31.8 Å². The molecule has 112 valence electrons. The summed E-state index contributed by atoms with van der Waals surface area (Å²) in [6.45, 7) is 7.31. The summed E-state index contributed by atoms with van der Waals surface area (Å²) >= 11 is 0. The molecule has 2 heterocycles. The second kappa shape index (κ2) is 6.00. The van der Waals surface area contributed by atoms with Crippen LogP contribution in [0.15, 0.2) is 47.1 Å². The van der Waals surface area contributed by atoms with Gasteiger partial charge in [-0.3, -0.25) is 4.90 Å². The summed E-state index contributed by atoms with van der Waals surface area (Å²) < 4.78 is 5.29. The lowest BCUT2D eigenvalue weighted by Crippen LogP contribution is -2.60. The van der Waals surface area contributed by atoms with Crippen molar-refractivity contribution < 1.29 is 4.52 Å². The predicted octanol–water partition coefficient (Wildman–Crippen LogP) is 2.77. The Kier molecular flexibility index (Phi) is 4.08. The molecule has 1 aliphatic heterocycles. The normalized spacial score (nSPS) is 26.9. The molecule has 0 saturated carbocycles. The van der Waals surface area contributed by atoms with Crippen LogP contribution >= 0.6 is 0 Å². The van der Waals surface area contributed by atoms with Gasteiger partial charge in [-0.25, -0.2) is 0 Å². The van der Waals surface area contributed by atoms with Crippen molar-refractivity contribution in [2.45, 2.75) is 38.4 Å². The Hall–Kier alpha value is -1.65. The third-order valence-electron chi connectivity index (χ3n) is 4.50. The lowest BCUT2D eigenvalue weighted by atomic mass is 9.87. The van der Waals surface area contributed by atoms with E-state index in [9.17, 15) is 0 Å². The van der Waals surface area contributed by atoms with Crippen molar-refractivity contribution in [2.75, 3.05) is 13.1 Å². The minimum absolute atomic E-state index is 0.0209. The number of nitrogens with one attached hydrogen (secondary N) is 1. The molecule has 1 saturated heterocycles. The van der Waals surface area contributed by atoms with Crippen LogP contribution in [0.1, 0.15) is 31.6 Å². The summed E-state index contributed by atoms with van der Waals surface area (Å²) in [7, 11) is 0. The van der Waals surface area contributed by atoms with Crippen LogP contribution in [0.4, 0.5) is 0 Å². The summed E-state index contributed by atoms with van der Waals surface area (Å²) in [6.07, 6.45) is 2.85. The van der Waals surface area contributed by atoms with Gasteiger partial charge in [0.25, 0.3) is 0 Å². The minimum Gasteiger partial charge on any atom is -0.360 e. The van der Waals surface area contributed by atoms with Crippen molar-refractivity contribution in [1.29, 1.82) is 0 Å². The van der Waals surface area contributed by atoms with Crippen molar-refractivity contribution in [2.24, 2.45) is 0 Å². The molecule has 2 unspecified atom stereocenters. The highest BCUT2D eigenvalue weighted by Gasteiger charge is 2.36. The van der Waals surface area contributed by atoms with Crippen LogP contribution in [0, 0.1) is 0 Å². The highest BCUT2D eigenvalue weighted by atomic mass is 16.5. The maximum absolute atomic E-state index is 5.29. The number of benzene rings is 1. The fourth-order valence-electron chi connectivity index (χ4n) is 3.17. The van der Waals surface area contributed by atoms with Gasteiger partial charge in [-0.1, -0.05) is 42.4 Å². The highest BCUT2D eigenvalue weighted by Crippen LogP contribution is 2.28. The summed E-state index contributed by atoms with van der Waals surface area (Å²) in [4.78, 5) is 2.50. The Bertz CT molecular complexity index is 555. The fraction of sp³-hybridized carbons (Fsp3) is 0.471. The molecular weight excluding hydrogens is 262 g/mol. The van der Waals surface area contributed by atoms with Crippen LogP contribution in [-0.2, 0) is 12.1 Å². The second-order valence-electron chi connectivity index (χ2n) is 6.02. The quantitative estimate of drug-likeness (QED) is 0.938. The maximum atomic E-state index is 5.29. The first-order chi connectivity index (χ1) is 10.2. The molecule has 4 nitrogen and oxygen atoms in total. The maximum Gasteiger partial charge on any atom is 0.150 e. The number of hydrogen-bond acceptors (Lipinski definition) is 4. The standard InChI is InChI=1S/C17H23N3O/c1-3-15-11-18-17(2,14-7-5-4-6-8-14)13-20(15)12-16-9-10-19-21-16/h4-10,15,18H,3,11-13H2,1-2H3. The average Bonchev–Trinajstić information content (AvgIpc) is 3.01. The van der Waals surface area contributed by atoms with Crippen LogP contribution in [0.2, 0.25) is 0 Å². The van der Waals surface area contributed by atoms with Gasteiger partial charge in [0, 0.05) is 25.2 Å². The molecule has 0 radical (unpaired) electrons. The molecule has 1 aliphatic rings. The van der Waals surface area contributed by atoms with Gasteiger partial charge in [0.1, 0.15) is 0 Å². The second-order valence-corrected chi connectivity index (χ2v) is 6.02. The van der Waals surface area contributed by atoms with Gasteiger partial charge in [0.2, 0.25) is 0 Å². The first-order valence-electron chi connectivity index (χ1n) is 7.65. The van der Waals surface area contributed by atoms with Crippen molar-refractivity contribution in [3.05, 3.63) is 53.9 Å². The highest BCUT2D eigenvalue weighted by molar-refractivity contribution is 5.25. The Balaban J connectivity index is 1.80. The smallest absolute Gasteiger partial charge is 0.150 e. The molecular formula is C17H23N3O. The van der Waals surface area contributed by atoms with Gasteiger partial charge in [-0.05, 0) is 18.9 Å². The topological polar surface area (TPSA) is 41.3 Å². The molecule has 0 bridgehead atoms. The number of nitrogens with zero attached hydrogens (tertiary/aromatic N) is 2. The van der Waals surface area contributed by atoms with E-state index in [0.29, 0.717) is 6.04 Å². The summed E-state index contributed by atoms with van der Waals surface area (Å²) in [5.41, 5.74) is 1.31. The molecule has 0 aliphatic carbocycles. The molecule has 1 fully saturated rings. The number of piperazine rings is 1. The van der Waals surface area contributed by atoms with Crippen LogP contribution in [0.5, 0.6) is 0 Å². The van der Waals surface area contributed by atoms with Crippen molar-refractivity contribution in [1.82, 2.24) is 15.4 Å². The van der Waals surface area contributed by atoms with Crippen LogP contribution in [-0.4, -0.2) is 29.2 Å². The van der Waals surface area contributed by atoms with E-state index in [-0.39, 0.29) is 5.54 Å². The monoisotopic (exact) mass is 285 g/mol. The molecule has 21 heavy (non-hydrogen) atoms. The Labute approximate surface area is 126 Å². The molecule has 0 spiro atoms. The van der Waals surface area contributed by atoms with Crippen molar-refractivity contribution >= 4 is 0 Å². The Morgan fingerprint density at radius 3 is 2.81 bits per heavy atom. The molecule has 1 aromatic carbocycles. The Morgan fingerprint density at radius 2 is 2.14 bits per heavy atom. The first kappa shape index (κ1) is 14.3. The van der Waals surface area contributed by atoms with Gasteiger partial charge < -0.3 is 9.84 Å². The number of rotatable bonds is 4. The predicted molar refractivity (Wildman–Crippen MR) is 82.8 cm³/mol. The van der Waals surface area contributed by atoms with E-state index in [1.807, 2.05) is 6.07 Å². The Morgan fingerprint density at radius 1 is 1.33 bits per heavy atom. The molecule has 4 heteroatoms. The van der Waals surface area contributed by atoms with Gasteiger partial charge in [-0.15, -0.1) is 0 Å². The lowest BCUT2D eigenvalue weighted by Gasteiger charge is -2.46. The van der Waals surface area contributed by atoms with E-state index in [1.54, 1.807) is 6.20 Å². The van der Waals surface area contributed by atoms with Gasteiger partial charge >= 0.3 is 0 Å². The van der Waals surface area contributed by atoms with E-state index >= 15 is 0 Å². The van der Waals surface area contributed by atoms with E-state index in [4.69, 9.17) is 4.52 Å². The van der Waals surface area contributed by atoms with Crippen LogP contribution < -0.4 is 5.32 Å². The van der Waals surface area contributed by atoms with Crippen LogP contribution in [0.25, 0.3) is 0 Å². The van der Waals surface area contributed by atoms with E-state index in [1.165, 1.54) is 5.56 Å². The van der Waals surface area contributed by atoms with E-state index in [2.05, 4.69) is 59.6 Å².